The molecular formula is C65H50N2. The van der Waals surface area contributed by atoms with Gasteiger partial charge in [0.15, 0.2) is 0 Å². The lowest BCUT2D eigenvalue weighted by atomic mass is 9.78. The van der Waals surface area contributed by atoms with Crippen LogP contribution in [-0.2, 0) is 5.41 Å². The summed E-state index contributed by atoms with van der Waals surface area (Å²) in [5, 5.41) is 4.96. The number of rotatable bonds is 11. The average Bonchev–Trinajstić information content (AvgIpc) is 3.40. The van der Waals surface area contributed by atoms with Gasteiger partial charge in [-0.25, -0.2) is 0 Å². The van der Waals surface area contributed by atoms with E-state index in [-0.39, 0.29) is 5.41 Å². The average molecular weight is 859 g/mol. The standard InChI is InChI=1S/C65H50N2/c1-65(2,57-20-6-3-7-21-57)58-36-30-51(31-37-58)56-44-63(66(59-22-8-4-9-23-59)61-38-32-49(33-39-61)54-28-26-47-16-12-14-18-52(47)42-54)46-64(45-56)67(60-24-10-5-11-25-60)62-40-34-50(35-41-62)55-29-27-48-17-13-15-19-53(48)43-55/h3-46H,1-2H3. The highest BCUT2D eigenvalue weighted by molar-refractivity contribution is 5.91. The van der Waals surface area contributed by atoms with E-state index in [2.05, 4.69) is 291 Å². The second-order valence-corrected chi connectivity index (χ2v) is 17.9. The molecule has 0 aliphatic heterocycles. The molecule has 11 rings (SSSR count). The van der Waals surface area contributed by atoms with Crippen LogP contribution in [0.5, 0.6) is 0 Å². The van der Waals surface area contributed by atoms with Crippen LogP contribution >= 0.6 is 0 Å². The first-order valence-electron chi connectivity index (χ1n) is 23.2. The fourth-order valence-electron chi connectivity index (χ4n) is 9.51. The Morgan fingerprint density at radius 1 is 0.224 bits per heavy atom. The minimum Gasteiger partial charge on any atom is -0.310 e. The van der Waals surface area contributed by atoms with Crippen LogP contribution in [0.2, 0.25) is 0 Å². The molecule has 0 radical (unpaired) electrons. The van der Waals surface area contributed by atoms with Gasteiger partial charge in [-0.2, -0.15) is 0 Å². The van der Waals surface area contributed by atoms with Gasteiger partial charge in [0.1, 0.15) is 0 Å². The Morgan fingerprint density at radius 2 is 0.552 bits per heavy atom. The van der Waals surface area contributed by atoms with E-state index in [0.717, 1.165) is 45.3 Å². The summed E-state index contributed by atoms with van der Waals surface area (Å²) in [5.74, 6) is 0. The van der Waals surface area contributed by atoms with E-state index in [1.807, 2.05) is 0 Å². The molecule has 0 aromatic heterocycles. The maximum absolute atomic E-state index is 2.38. The molecule has 2 heteroatoms. The summed E-state index contributed by atoms with van der Waals surface area (Å²) in [6.07, 6.45) is 0. The van der Waals surface area contributed by atoms with Crippen molar-refractivity contribution in [3.05, 3.63) is 278 Å². The Hall–Kier alpha value is -8.46. The van der Waals surface area contributed by atoms with Gasteiger partial charge in [0.25, 0.3) is 0 Å². The van der Waals surface area contributed by atoms with E-state index < -0.39 is 0 Å². The highest BCUT2D eigenvalue weighted by Gasteiger charge is 2.24. The van der Waals surface area contributed by atoms with E-state index in [1.165, 1.54) is 54.9 Å². The first-order chi connectivity index (χ1) is 32.9. The lowest BCUT2D eigenvalue weighted by Crippen LogP contribution is -2.18. The summed E-state index contributed by atoms with van der Waals surface area (Å²) < 4.78 is 0. The summed E-state index contributed by atoms with van der Waals surface area (Å²) in [7, 11) is 0. The fourth-order valence-corrected chi connectivity index (χ4v) is 9.51. The normalized spacial score (nSPS) is 11.4. The van der Waals surface area contributed by atoms with Crippen LogP contribution in [0.15, 0.2) is 267 Å². The zero-order chi connectivity index (χ0) is 45.2. The Balaban J connectivity index is 1.06. The van der Waals surface area contributed by atoms with Gasteiger partial charge in [0, 0.05) is 39.5 Å². The number of hydrogen-bond donors (Lipinski definition) is 0. The molecule has 0 atom stereocenters. The van der Waals surface area contributed by atoms with Crippen molar-refractivity contribution in [3.63, 3.8) is 0 Å². The molecule has 0 N–H and O–H groups in total. The summed E-state index contributed by atoms with van der Waals surface area (Å²) in [6.45, 7) is 4.62. The van der Waals surface area contributed by atoms with Crippen LogP contribution < -0.4 is 9.80 Å². The third kappa shape index (κ3) is 8.38. The van der Waals surface area contributed by atoms with Crippen LogP contribution in [0, 0.1) is 0 Å². The van der Waals surface area contributed by atoms with E-state index in [4.69, 9.17) is 0 Å². The molecule has 0 aliphatic carbocycles. The van der Waals surface area contributed by atoms with Crippen molar-refractivity contribution < 1.29 is 0 Å². The first kappa shape index (κ1) is 41.3. The maximum atomic E-state index is 2.38. The lowest BCUT2D eigenvalue weighted by molar-refractivity contribution is 0.641. The predicted octanol–water partition coefficient (Wildman–Crippen LogP) is 18.3. The number of fused-ring (bicyclic) bond motifs is 2. The molecule has 0 aliphatic rings. The molecule has 67 heavy (non-hydrogen) atoms. The third-order valence-corrected chi connectivity index (χ3v) is 13.3. The molecule has 0 unspecified atom stereocenters. The molecule has 0 bridgehead atoms. The summed E-state index contributed by atoms with van der Waals surface area (Å²) in [4.78, 5) is 4.77. The Morgan fingerprint density at radius 3 is 1.00 bits per heavy atom. The van der Waals surface area contributed by atoms with Gasteiger partial charge in [-0.05, 0) is 145 Å². The van der Waals surface area contributed by atoms with Gasteiger partial charge in [-0.15, -0.1) is 0 Å². The van der Waals surface area contributed by atoms with E-state index in [9.17, 15) is 0 Å². The van der Waals surface area contributed by atoms with Crippen molar-refractivity contribution in [2.75, 3.05) is 9.80 Å². The van der Waals surface area contributed by atoms with Crippen LogP contribution in [0.4, 0.5) is 34.1 Å². The molecule has 0 heterocycles. The number of benzene rings is 11. The highest BCUT2D eigenvalue weighted by atomic mass is 15.2. The van der Waals surface area contributed by atoms with Crippen LogP contribution in [-0.4, -0.2) is 0 Å². The topological polar surface area (TPSA) is 6.48 Å². The van der Waals surface area contributed by atoms with Gasteiger partial charge in [-0.1, -0.05) is 202 Å². The van der Waals surface area contributed by atoms with E-state index in [1.54, 1.807) is 0 Å². The lowest BCUT2D eigenvalue weighted by Gasteiger charge is -2.30. The van der Waals surface area contributed by atoms with Crippen molar-refractivity contribution in [1.82, 2.24) is 0 Å². The van der Waals surface area contributed by atoms with Crippen LogP contribution in [0.25, 0.3) is 54.9 Å². The smallest absolute Gasteiger partial charge is 0.0488 e. The largest absolute Gasteiger partial charge is 0.310 e. The molecule has 0 saturated heterocycles. The van der Waals surface area contributed by atoms with Crippen molar-refractivity contribution in [1.29, 1.82) is 0 Å². The van der Waals surface area contributed by atoms with Gasteiger partial charge in [0.2, 0.25) is 0 Å². The second-order valence-electron chi connectivity index (χ2n) is 17.9. The minimum absolute atomic E-state index is 0.154. The van der Waals surface area contributed by atoms with Crippen molar-refractivity contribution in [2.45, 2.75) is 19.3 Å². The monoisotopic (exact) mass is 858 g/mol. The second kappa shape index (κ2) is 17.8. The zero-order valence-corrected chi connectivity index (χ0v) is 37.8. The minimum atomic E-state index is -0.154. The molecule has 0 spiro atoms. The molecule has 11 aromatic carbocycles. The molecule has 0 fully saturated rings. The summed E-state index contributed by atoms with van der Waals surface area (Å²) in [5.41, 5.74) is 15.9. The van der Waals surface area contributed by atoms with E-state index >= 15 is 0 Å². The van der Waals surface area contributed by atoms with Crippen LogP contribution in [0.3, 0.4) is 0 Å². The van der Waals surface area contributed by atoms with Gasteiger partial charge < -0.3 is 9.80 Å². The summed E-state index contributed by atoms with van der Waals surface area (Å²) >= 11 is 0. The fraction of sp³-hybridized carbons (Fsp3) is 0.0462. The molecule has 0 amide bonds. The first-order valence-corrected chi connectivity index (χ1v) is 23.2. The SMILES string of the molecule is CC(C)(c1ccccc1)c1ccc(-c2cc(N(c3ccccc3)c3ccc(-c4ccc5ccccc5c4)cc3)cc(N(c3ccccc3)c3ccc(-c4ccc5ccccc5c4)cc3)c2)cc1. The Kier molecular flexibility index (Phi) is 11.0. The summed E-state index contributed by atoms with van der Waals surface area (Å²) in [6, 6.07) is 97.0. The van der Waals surface area contributed by atoms with Crippen molar-refractivity contribution >= 4 is 55.7 Å². The predicted molar refractivity (Wildman–Crippen MR) is 286 cm³/mol. The zero-order valence-electron chi connectivity index (χ0n) is 37.8. The number of hydrogen-bond acceptors (Lipinski definition) is 2. The molecule has 0 saturated carbocycles. The maximum Gasteiger partial charge on any atom is 0.0488 e. The van der Waals surface area contributed by atoms with Gasteiger partial charge >= 0.3 is 0 Å². The quantitative estimate of drug-likeness (QED) is 0.128. The molecular weight excluding hydrogens is 809 g/mol. The highest BCUT2D eigenvalue weighted by Crippen LogP contribution is 2.44. The Labute approximate surface area is 394 Å². The van der Waals surface area contributed by atoms with Gasteiger partial charge in [-0.3, -0.25) is 0 Å². The molecule has 320 valence electrons. The number of para-hydroxylation sites is 2. The molecule has 11 aromatic rings. The Bertz CT molecular complexity index is 3270. The number of anilines is 6. The van der Waals surface area contributed by atoms with E-state index in [0.29, 0.717) is 0 Å². The van der Waals surface area contributed by atoms with Crippen LogP contribution in [0.1, 0.15) is 25.0 Å². The number of nitrogens with zero attached hydrogens (tertiary/aromatic N) is 2. The molecule has 2 nitrogen and oxygen atoms in total. The van der Waals surface area contributed by atoms with Gasteiger partial charge in [0.05, 0.1) is 0 Å². The van der Waals surface area contributed by atoms with Crippen molar-refractivity contribution in [2.24, 2.45) is 0 Å². The third-order valence-electron chi connectivity index (χ3n) is 13.3. The van der Waals surface area contributed by atoms with Crippen molar-refractivity contribution in [3.8, 4) is 33.4 Å².